The molecule has 1 aromatic heterocycles. The van der Waals surface area contributed by atoms with Crippen molar-refractivity contribution in [2.75, 3.05) is 13.2 Å². The predicted molar refractivity (Wildman–Crippen MR) is 58.9 cm³/mol. The maximum atomic E-state index is 10.9. The van der Waals surface area contributed by atoms with Crippen LogP contribution in [0.2, 0.25) is 0 Å². The lowest BCUT2D eigenvalue weighted by Gasteiger charge is -1.99. The monoisotopic (exact) mass is 219 g/mol. The molecule has 1 aromatic rings. The summed E-state index contributed by atoms with van der Waals surface area (Å²) in [5.74, 6) is 5.03. The third-order valence-corrected chi connectivity index (χ3v) is 1.61. The van der Waals surface area contributed by atoms with Gasteiger partial charge in [0.2, 0.25) is 5.88 Å². The van der Waals surface area contributed by atoms with E-state index in [1.807, 2.05) is 6.92 Å². The van der Waals surface area contributed by atoms with Crippen molar-refractivity contribution in [2.45, 2.75) is 13.8 Å². The SMILES string of the molecule is CCOC(=O)C#Cc1ccc(OCC)nc1. The normalized spacial score (nSPS) is 8.88. The molecule has 0 fully saturated rings. The van der Waals surface area contributed by atoms with Gasteiger partial charge in [-0.15, -0.1) is 0 Å². The molecule has 0 atom stereocenters. The molecule has 1 heterocycles. The average molecular weight is 219 g/mol. The minimum absolute atomic E-state index is 0.328. The van der Waals surface area contributed by atoms with Crippen molar-refractivity contribution in [3.05, 3.63) is 23.9 Å². The molecular weight excluding hydrogens is 206 g/mol. The molecule has 0 radical (unpaired) electrons. The first-order valence-corrected chi connectivity index (χ1v) is 5.04. The van der Waals surface area contributed by atoms with E-state index in [2.05, 4.69) is 21.6 Å². The van der Waals surface area contributed by atoms with Gasteiger partial charge in [-0.2, -0.15) is 0 Å². The molecule has 0 amide bonds. The number of carbonyl (C=O) groups excluding carboxylic acids is 1. The van der Waals surface area contributed by atoms with Gasteiger partial charge in [0.05, 0.1) is 13.2 Å². The van der Waals surface area contributed by atoms with Crippen LogP contribution in [0.25, 0.3) is 0 Å². The Kier molecular flexibility index (Phi) is 4.87. The third-order valence-electron chi connectivity index (χ3n) is 1.61. The number of pyridine rings is 1. The molecule has 0 unspecified atom stereocenters. The molecule has 0 aliphatic heterocycles. The first kappa shape index (κ1) is 12.1. The van der Waals surface area contributed by atoms with E-state index in [1.165, 1.54) is 0 Å². The lowest BCUT2D eigenvalue weighted by Crippen LogP contribution is -1.99. The number of nitrogens with zero attached hydrogens (tertiary/aromatic N) is 1. The molecule has 1 rings (SSSR count). The van der Waals surface area contributed by atoms with Crippen molar-refractivity contribution < 1.29 is 14.3 Å². The van der Waals surface area contributed by atoms with Crippen molar-refractivity contribution in [1.82, 2.24) is 4.98 Å². The van der Waals surface area contributed by atoms with Gasteiger partial charge in [0.25, 0.3) is 0 Å². The van der Waals surface area contributed by atoms with E-state index in [-0.39, 0.29) is 0 Å². The zero-order chi connectivity index (χ0) is 11.8. The first-order valence-electron chi connectivity index (χ1n) is 5.04. The molecular formula is C12H13NO3. The predicted octanol–water partition coefficient (Wildman–Crippen LogP) is 1.39. The Morgan fingerprint density at radius 2 is 2.19 bits per heavy atom. The fourth-order valence-corrected chi connectivity index (χ4v) is 0.978. The Bertz CT molecular complexity index is 401. The van der Waals surface area contributed by atoms with Crippen LogP contribution in [0.1, 0.15) is 19.4 Å². The fraction of sp³-hybridized carbons (Fsp3) is 0.333. The van der Waals surface area contributed by atoms with E-state index in [0.717, 1.165) is 0 Å². The van der Waals surface area contributed by atoms with Gasteiger partial charge in [-0.1, -0.05) is 5.92 Å². The molecule has 0 spiro atoms. The van der Waals surface area contributed by atoms with Gasteiger partial charge in [0.15, 0.2) is 0 Å². The van der Waals surface area contributed by atoms with Gasteiger partial charge in [0.1, 0.15) is 0 Å². The van der Waals surface area contributed by atoms with Crippen molar-refractivity contribution in [3.8, 4) is 17.7 Å². The number of carbonyl (C=O) groups is 1. The molecule has 16 heavy (non-hydrogen) atoms. The fourth-order valence-electron chi connectivity index (χ4n) is 0.978. The summed E-state index contributed by atoms with van der Waals surface area (Å²) in [5, 5.41) is 0. The van der Waals surface area contributed by atoms with Crippen LogP contribution >= 0.6 is 0 Å². The highest BCUT2D eigenvalue weighted by atomic mass is 16.5. The number of hydrogen-bond donors (Lipinski definition) is 0. The second kappa shape index (κ2) is 6.46. The van der Waals surface area contributed by atoms with E-state index in [4.69, 9.17) is 4.74 Å². The largest absolute Gasteiger partial charge is 0.478 e. The van der Waals surface area contributed by atoms with Crippen LogP contribution in [-0.4, -0.2) is 24.2 Å². The molecule has 0 bridgehead atoms. The quantitative estimate of drug-likeness (QED) is 0.569. The van der Waals surface area contributed by atoms with Gasteiger partial charge < -0.3 is 9.47 Å². The number of ether oxygens (including phenoxy) is 2. The standard InChI is InChI=1S/C12H13NO3/c1-3-15-11-7-5-10(9-13-11)6-8-12(14)16-4-2/h5,7,9H,3-4H2,1-2H3. The van der Waals surface area contributed by atoms with E-state index in [9.17, 15) is 4.79 Å². The first-order chi connectivity index (χ1) is 7.76. The Morgan fingerprint density at radius 1 is 1.38 bits per heavy atom. The van der Waals surface area contributed by atoms with Gasteiger partial charge >= 0.3 is 5.97 Å². The van der Waals surface area contributed by atoms with Gasteiger partial charge in [-0.05, 0) is 19.9 Å². The summed E-state index contributed by atoms with van der Waals surface area (Å²) in [4.78, 5) is 15.0. The summed E-state index contributed by atoms with van der Waals surface area (Å²) in [6.07, 6.45) is 1.55. The topological polar surface area (TPSA) is 48.4 Å². The minimum Gasteiger partial charge on any atom is -0.478 e. The molecule has 4 nitrogen and oxygen atoms in total. The van der Waals surface area contributed by atoms with E-state index in [1.54, 1.807) is 25.3 Å². The number of esters is 1. The van der Waals surface area contributed by atoms with Gasteiger partial charge in [-0.3, -0.25) is 0 Å². The van der Waals surface area contributed by atoms with E-state index < -0.39 is 5.97 Å². The molecule has 0 aliphatic carbocycles. The van der Waals surface area contributed by atoms with E-state index >= 15 is 0 Å². The van der Waals surface area contributed by atoms with Crippen LogP contribution in [0.15, 0.2) is 18.3 Å². The Hall–Kier alpha value is -2.02. The van der Waals surface area contributed by atoms with Crippen LogP contribution in [0.3, 0.4) is 0 Å². The minimum atomic E-state index is -0.531. The summed E-state index contributed by atoms with van der Waals surface area (Å²) in [5.41, 5.74) is 0.650. The summed E-state index contributed by atoms with van der Waals surface area (Å²) in [6, 6.07) is 3.45. The molecule has 4 heteroatoms. The highest BCUT2D eigenvalue weighted by Gasteiger charge is 1.95. The number of aromatic nitrogens is 1. The molecule has 84 valence electrons. The van der Waals surface area contributed by atoms with E-state index in [0.29, 0.717) is 24.7 Å². The van der Waals surface area contributed by atoms with Crippen LogP contribution in [0.4, 0.5) is 0 Å². The molecule has 0 N–H and O–H groups in total. The maximum Gasteiger partial charge on any atom is 0.384 e. The van der Waals surface area contributed by atoms with Crippen molar-refractivity contribution in [2.24, 2.45) is 0 Å². The van der Waals surface area contributed by atoms with Crippen LogP contribution in [-0.2, 0) is 9.53 Å². The maximum absolute atomic E-state index is 10.9. The summed E-state index contributed by atoms with van der Waals surface area (Å²) in [6.45, 7) is 4.52. The number of hydrogen-bond acceptors (Lipinski definition) is 4. The van der Waals surface area contributed by atoms with Crippen LogP contribution in [0.5, 0.6) is 5.88 Å². The lowest BCUT2D eigenvalue weighted by atomic mass is 10.3. The Balaban J connectivity index is 2.64. The van der Waals surface area contributed by atoms with Gasteiger partial charge in [0, 0.05) is 23.7 Å². The summed E-state index contributed by atoms with van der Waals surface area (Å²) >= 11 is 0. The molecule has 0 aliphatic rings. The van der Waals surface area contributed by atoms with Crippen molar-refractivity contribution in [1.29, 1.82) is 0 Å². The second-order valence-electron chi connectivity index (χ2n) is 2.79. The zero-order valence-corrected chi connectivity index (χ0v) is 9.32. The third kappa shape index (κ3) is 4.01. The summed E-state index contributed by atoms with van der Waals surface area (Å²) in [7, 11) is 0. The summed E-state index contributed by atoms with van der Waals surface area (Å²) < 4.78 is 9.84. The molecule has 0 aromatic carbocycles. The Labute approximate surface area is 94.6 Å². The van der Waals surface area contributed by atoms with Gasteiger partial charge in [-0.25, -0.2) is 9.78 Å². The van der Waals surface area contributed by atoms with Crippen molar-refractivity contribution >= 4 is 5.97 Å². The highest BCUT2D eigenvalue weighted by molar-refractivity contribution is 5.89. The lowest BCUT2D eigenvalue weighted by molar-refractivity contribution is -0.136. The van der Waals surface area contributed by atoms with Crippen LogP contribution in [0, 0.1) is 11.8 Å². The zero-order valence-electron chi connectivity index (χ0n) is 9.32. The molecule has 0 saturated heterocycles. The Morgan fingerprint density at radius 3 is 2.75 bits per heavy atom. The smallest absolute Gasteiger partial charge is 0.384 e. The number of rotatable bonds is 3. The second-order valence-corrected chi connectivity index (χ2v) is 2.79. The van der Waals surface area contributed by atoms with Crippen molar-refractivity contribution in [3.63, 3.8) is 0 Å². The highest BCUT2D eigenvalue weighted by Crippen LogP contribution is 2.06. The average Bonchev–Trinajstić information content (AvgIpc) is 2.29. The molecule has 0 saturated carbocycles. The van der Waals surface area contributed by atoms with Crippen LogP contribution < -0.4 is 4.74 Å².